The third-order valence-corrected chi connectivity index (χ3v) is 13.4. The zero-order chi connectivity index (χ0) is 23.5. The van der Waals surface area contributed by atoms with Gasteiger partial charge in [0.25, 0.3) is 0 Å². The van der Waals surface area contributed by atoms with E-state index in [4.69, 9.17) is 12.2 Å². The molecule has 2 aliphatic heterocycles. The summed E-state index contributed by atoms with van der Waals surface area (Å²) in [5, 5.41) is 3.09. The quantitative estimate of drug-likeness (QED) is 0.201. The van der Waals surface area contributed by atoms with Crippen LogP contribution in [0.1, 0.15) is 3.58 Å². The van der Waals surface area contributed by atoms with Crippen molar-refractivity contribution in [1.82, 2.24) is 9.80 Å². The van der Waals surface area contributed by atoms with E-state index >= 15 is 0 Å². The molecule has 0 aliphatic carbocycles. The molecule has 3 heterocycles. The number of carbonyl (C=O) groups is 2. The van der Waals surface area contributed by atoms with E-state index in [1.165, 1.54) is 35.3 Å². The van der Waals surface area contributed by atoms with Gasteiger partial charge in [-0.2, -0.15) is 0 Å². The van der Waals surface area contributed by atoms with Crippen molar-refractivity contribution in [2.75, 3.05) is 19.0 Å². The Morgan fingerprint density at radius 2 is 1.33 bits per heavy atom. The molecule has 0 atom stereocenters. The zero-order valence-electron chi connectivity index (χ0n) is 18.8. The number of anilines is 3. The molecule has 1 saturated heterocycles. The van der Waals surface area contributed by atoms with Crippen LogP contribution in [0.5, 0.6) is 0 Å². The summed E-state index contributed by atoms with van der Waals surface area (Å²) in [5.41, 5.74) is 2.68. The maximum atomic E-state index is 12.7. The second-order valence-electron chi connectivity index (χ2n) is 8.74. The minimum atomic E-state index is -1.81. The van der Waals surface area contributed by atoms with E-state index in [0.717, 1.165) is 3.58 Å². The van der Waals surface area contributed by atoms with Crippen molar-refractivity contribution in [3.63, 3.8) is 0 Å². The van der Waals surface area contributed by atoms with Gasteiger partial charge in [-0.15, -0.1) is 0 Å². The standard InChI is InChI=1S/C25H23N3O2SSiTe/c1-26-23(29)17(24(30)27(2)25(26)31)15-16-13-14-22(33-16)28-18-9-5-7-11-20(18)32(3,4)21-12-8-6-10-19(21)28/h5-15H,1-4H3. The number of benzene rings is 2. The minimum absolute atomic E-state index is 0.174. The molecule has 0 radical (unpaired) electrons. The molecule has 8 heteroatoms. The SMILES string of the molecule is CN1C(=O)C(=Cc2ccc(N3c4ccccc4[Si](C)(C)c4ccccc43)[te]2)C(=O)N(C)C1=S. The third kappa shape index (κ3) is 3.44. The van der Waals surface area contributed by atoms with Gasteiger partial charge in [-0.05, 0) is 0 Å². The summed E-state index contributed by atoms with van der Waals surface area (Å²) >= 11 is 4.39. The fourth-order valence-electron chi connectivity index (χ4n) is 4.56. The molecule has 2 aromatic carbocycles. The van der Waals surface area contributed by atoms with Gasteiger partial charge in [-0.3, -0.25) is 0 Å². The van der Waals surface area contributed by atoms with Crippen LogP contribution >= 0.6 is 12.2 Å². The van der Waals surface area contributed by atoms with Gasteiger partial charge in [-0.25, -0.2) is 0 Å². The molecule has 2 aliphatic rings. The first-order chi connectivity index (χ1) is 15.7. The van der Waals surface area contributed by atoms with Crippen molar-refractivity contribution >= 4 is 89.2 Å². The fourth-order valence-corrected chi connectivity index (χ4v) is 10.5. The first-order valence-electron chi connectivity index (χ1n) is 10.6. The van der Waals surface area contributed by atoms with E-state index in [-0.39, 0.29) is 22.5 Å². The van der Waals surface area contributed by atoms with E-state index in [0.29, 0.717) is 0 Å². The molecular weight excluding hydrogens is 562 g/mol. The normalized spacial score (nSPS) is 17.3. The summed E-state index contributed by atoms with van der Waals surface area (Å²) < 4.78 is 2.31. The van der Waals surface area contributed by atoms with Gasteiger partial charge in [0.1, 0.15) is 0 Å². The van der Waals surface area contributed by atoms with Crippen LogP contribution in [0.25, 0.3) is 6.08 Å². The summed E-state index contributed by atoms with van der Waals surface area (Å²) in [7, 11) is 1.41. The average molecular weight is 585 g/mol. The molecule has 0 bridgehead atoms. The first kappa shape index (κ1) is 22.3. The van der Waals surface area contributed by atoms with Crippen LogP contribution in [0.2, 0.25) is 13.1 Å². The number of amides is 2. The third-order valence-electron chi connectivity index (χ3n) is 6.40. The summed E-state index contributed by atoms with van der Waals surface area (Å²) in [6.45, 7) is 4.82. The van der Waals surface area contributed by atoms with Gasteiger partial charge in [-0.1, -0.05) is 0 Å². The Kier molecular flexibility index (Phi) is 5.45. The van der Waals surface area contributed by atoms with Crippen molar-refractivity contribution in [3.8, 4) is 0 Å². The Balaban J connectivity index is 1.61. The number of rotatable bonds is 2. The van der Waals surface area contributed by atoms with Crippen LogP contribution in [-0.2, 0) is 9.59 Å². The molecule has 0 N–H and O–H groups in total. The number of para-hydroxylation sites is 2. The Morgan fingerprint density at radius 1 is 0.818 bits per heavy atom. The van der Waals surface area contributed by atoms with Crippen LogP contribution in [0, 0.1) is 0 Å². The molecular formula is C25H23N3O2SSiTe. The Hall–Kier alpha value is -2.50. The van der Waals surface area contributed by atoms with E-state index < -0.39 is 28.5 Å². The molecule has 166 valence electrons. The van der Waals surface area contributed by atoms with Crippen molar-refractivity contribution < 1.29 is 9.59 Å². The number of hydrogen-bond acceptors (Lipinski definition) is 4. The molecule has 1 aromatic heterocycles. The van der Waals surface area contributed by atoms with Crippen molar-refractivity contribution in [2.24, 2.45) is 0 Å². The number of fused-ring (bicyclic) bond motifs is 2. The topological polar surface area (TPSA) is 43.9 Å². The molecule has 5 rings (SSSR count). The van der Waals surface area contributed by atoms with Crippen molar-refractivity contribution in [1.29, 1.82) is 0 Å². The molecule has 0 saturated carbocycles. The van der Waals surface area contributed by atoms with Gasteiger partial charge in [0.15, 0.2) is 0 Å². The van der Waals surface area contributed by atoms with Gasteiger partial charge < -0.3 is 0 Å². The van der Waals surface area contributed by atoms with E-state index in [1.54, 1.807) is 20.2 Å². The van der Waals surface area contributed by atoms with Crippen LogP contribution in [0.15, 0.2) is 66.2 Å². The van der Waals surface area contributed by atoms with Gasteiger partial charge in [0.05, 0.1) is 0 Å². The molecule has 0 unspecified atom stereocenters. The number of carbonyl (C=O) groups excluding carboxylic acids is 2. The molecule has 3 aromatic rings. The van der Waals surface area contributed by atoms with Crippen LogP contribution in [0.4, 0.5) is 15.1 Å². The average Bonchev–Trinajstić information content (AvgIpc) is 3.28. The van der Waals surface area contributed by atoms with Gasteiger partial charge >= 0.3 is 210 Å². The monoisotopic (exact) mass is 587 g/mol. The van der Waals surface area contributed by atoms with E-state index in [2.05, 4.69) is 78.7 Å². The van der Waals surface area contributed by atoms with Crippen molar-refractivity contribution in [2.45, 2.75) is 13.1 Å². The van der Waals surface area contributed by atoms with E-state index in [9.17, 15) is 9.59 Å². The fraction of sp³-hybridized carbons (Fsp3) is 0.160. The predicted molar refractivity (Wildman–Crippen MR) is 141 cm³/mol. The Labute approximate surface area is 209 Å². The zero-order valence-corrected chi connectivity index (χ0v) is 23.0. The summed E-state index contributed by atoms with van der Waals surface area (Å²) in [6.07, 6.45) is 1.77. The Morgan fingerprint density at radius 3 is 1.88 bits per heavy atom. The summed E-state index contributed by atoms with van der Waals surface area (Å²) in [5.74, 6) is -0.683. The summed E-state index contributed by atoms with van der Waals surface area (Å²) in [4.78, 5) is 30.6. The van der Waals surface area contributed by atoms with E-state index in [1.807, 2.05) is 0 Å². The summed E-state index contributed by atoms with van der Waals surface area (Å²) in [6, 6.07) is 21.6. The van der Waals surface area contributed by atoms with Crippen LogP contribution in [0.3, 0.4) is 0 Å². The number of hydrogen-bond donors (Lipinski definition) is 0. The van der Waals surface area contributed by atoms with Gasteiger partial charge in [0, 0.05) is 0 Å². The number of nitrogens with zero attached hydrogens (tertiary/aromatic N) is 3. The number of likely N-dealkylation sites (N-methyl/N-ethyl adjacent to an activating group) is 2. The van der Waals surface area contributed by atoms with Crippen molar-refractivity contribution in [3.05, 3.63) is 69.8 Å². The molecule has 0 spiro atoms. The predicted octanol–water partition coefficient (Wildman–Crippen LogP) is 2.95. The first-order valence-corrected chi connectivity index (χ1v) is 16.4. The Bertz CT molecular complexity index is 1290. The molecule has 5 nitrogen and oxygen atoms in total. The molecule has 2 amide bonds. The van der Waals surface area contributed by atoms with Gasteiger partial charge in [0.2, 0.25) is 0 Å². The second kappa shape index (κ2) is 8.07. The van der Waals surface area contributed by atoms with Crippen LogP contribution < -0.4 is 15.3 Å². The number of thiocarbonyl (C=S) groups is 1. The van der Waals surface area contributed by atoms with Crippen LogP contribution in [-0.4, -0.2) is 69.3 Å². The maximum absolute atomic E-state index is 12.7. The molecule has 1 fully saturated rings. The molecule has 33 heavy (non-hydrogen) atoms. The second-order valence-corrected chi connectivity index (χ2v) is 16.6.